The maximum absolute atomic E-state index is 12.9. The summed E-state index contributed by atoms with van der Waals surface area (Å²) in [6.07, 6.45) is 2.38. The van der Waals surface area contributed by atoms with Gasteiger partial charge in [0.1, 0.15) is 0 Å². The number of ether oxygens (including phenoxy) is 2. The van der Waals surface area contributed by atoms with Gasteiger partial charge in [-0.2, -0.15) is 0 Å². The number of benzene rings is 1. The Labute approximate surface area is 160 Å². The van der Waals surface area contributed by atoms with Gasteiger partial charge in [0.2, 0.25) is 6.79 Å². The first-order valence-electron chi connectivity index (χ1n) is 9.82. The Morgan fingerprint density at radius 3 is 2.63 bits per heavy atom. The van der Waals surface area contributed by atoms with Crippen LogP contribution in [0.4, 0.5) is 0 Å². The molecule has 2 aromatic rings. The number of rotatable bonds is 5. The van der Waals surface area contributed by atoms with Gasteiger partial charge >= 0.3 is 0 Å². The summed E-state index contributed by atoms with van der Waals surface area (Å²) in [7, 11) is 0. The summed E-state index contributed by atoms with van der Waals surface area (Å²) < 4.78 is 13.1. The second-order valence-corrected chi connectivity index (χ2v) is 7.94. The highest BCUT2D eigenvalue weighted by molar-refractivity contribution is 5.99. The molecule has 0 spiro atoms. The zero-order chi connectivity index (χ0) is 19.0. The van der Waals surface area contributed by atoms with Crippen LogP contribution >= 0.6 is 0 Å². The second kappa shape index (κ2) is 7.39. The Hall–Kier alpha value is -2.27. The number of carbonyl (C=O) groups excluding carboxylic acids is 1. The largest absolute Gasteiger partial charge is 0.454 e. The molecule has 1 aromatic heterocycles. The van der Waals surface area contributed by atoms with E-state index in [0.717, 1.165) is 59.6 Å². The smallest absolute Gasteiger partial charge is 0.231 e. The minimum absolute atomic E-state index is 0.231. The zero-order valence-electron chi connectivity index (χ0n) is 16.5. The Morgan fingerprint density at radius 1 is 1.11 bits per heavy atom. The normalized spacial score (nSPS) is 17.4. The van der Waals surface area contributed by atoms with Crippen LogP contribution in [0, 0.1) is 19.8 Å². The number of likely N-dealkylation sites (tertiary alicyclic amines) is 1. The molecule has 0 unspecified atom stereocenters. The van der Waals surface area contributed by atoms with Gasteiger partial charge in [0.15, 0.2) is 17.3 Å². The topological polar surface area (TPSA) is 43.7 Å². The molecule has 1 saturated heterocycles. The van der Waals surface area contributed by atoms with Crippen molar-refractivity contribution in [3.63, 3.8) is 0 Å². The summed E-state index contributed by atoms with van der Waals surface area (Å²) in [5.41, 5.74) is 4.15. The maximum Gasteiger partial charge on any atom is 0.231 e. The molecule has 0 saturated carbocycles. The lowest BCUT2D eigenvalue weighted by molar-refractivity contribution is 0.0899. The molecule has 27 heavy (non-hydrogen) atoms. The number of piperidine rings is 1. The van der Waals surface area contributed by atoms with E-state index in [4.69, 9.17) is 9.47 Å². The first-order valence-corrected chi connectivity index (χ1v) is 9.82. The zero-order valence-corrected chi connectivity index (χ0v) is 16.5. The molecule has 0 N–H and O–H groups in total. The molecule has 0 aliphatic carbocycles. The highest BCUT2D eigenvalue weighted by atomic mass is 16.7. The Kier molecular flexibility index (Phi) is 4.96. The van der Waals surface area contributed by atoms with E-state index < -0.39 is 0 Å². The minimum atomic E-state index is 0.231. The van der Waals surface area contributed by atoms with Crippen molar-refractivity contribution in [2.24, 2.45) is 5.92 Å². The second-order valence-electron chi connectivity index (χ2n) is 7.94. The van der Waals surface area contributed by atoms with Crippen molar-refractivity contribution < 1.29 is 14.3 Å². The van der Waals surface area contributed by atoms with E-state index in [-0.39, 0.29) is 12.6 Å². The van der Waals surface area contributed by atoms with Crippen LogP contribution in [0.3, 0.4) is 0 Å². The molecule has 0 amide bonds. The van der Waals surface area contributed by atoms with Crippen molar-refractivity contribution >= 4 is 5.78 Å². The van der Waals surface area contributed by atoms with Crippen molar-refractivity contribution in [1.29, 1.82) is 0 Å². The third kappa shape index (κ3) is 3.74. The summed E-state index contributed by atoms with van der Waals surface area (Å²) in [6.45, 7) is 10.0. The van der Waals surface area contributed by atoms with Crippen LogP contribution in [-0.4, -0.2) is 41.7 Å². The van der Waals surface area contributed by atoms with Gasteiger partial charge in [-0.1, -0.05) is 13.0 Å². The minimum Gasteiger partial charge on any atom is -0.454 e. The van der Waals surface area contributed by atoms with Crippen LogP contribution in [0.25, 0.3) is 0 Å². The molecule has 2 aliphatic heterocycles. The molecule has 4 rings (SSSR count). The molecule has 3 heterocycles. The summed E-state index contributed by atoms with van der Waals surface area (Å²) in [6, 6.07) is 8.08. The van der Waals surface area contributed by atoms with Gasteiger partial charge in [-0.15, -0.1) is 0 Å². The highest BCUT2D eigenvalue weighted by Gasteiger charge is 2.22. The maximum atomic E-state index is 12.9. The van der Waals surface area contributed by atoms with Crippen molar-refractivity contribution in [1.82, 2.24) is 9.47 Å². The van der Waals surface area contributed by atoms with Crippen LogP contribution in [0.2, 0.25) is 0 Å². The molecule has 5 nitrogen and oxygen atoms in total. The van der Waals surface area contributed by atoms with Gasteiger partial charge in [-0.25, -0.2) is 0 Å². The lowest BCUT2D eigenvalue weighted by atomic mass is 9.99. The number of ketones is 1. The quantitative estimate of drug-likeness (QED) is 0.753. The van der Waals surface area contributed by atoms with Crippen molar-refractivity contribution in [3.05, 3.63) is 46.8 Å². The molecule has 1 fully saturated rings. The monoisotopic (exact) mass is 368 g/mol. The molecular weight excluding hydrogens is 340 g/mol. The van der Waals surface area contributed by atoms with Gasteiger partial charge in [0, 0.05) is 23.5 Å². The number of carbonyl (C=O) groups is 1. The van der Waals surface area contributed by atoms with E-state index in [1.165, 1.54) is 12.8 Å². The number of hydrogen-bond donors (Lipinski definition) is 0. The fraction of sp³-hybridized carbons (Fsp3) is 0.500. The molecular formula is C22H28N2O3. The number of hydrogen-bond acceptors (Lipinski definition) is 4. The van der Waals surface area contributed by atoms with E-state index in [1.807, 2.05) is 25.1 Å². The predicted octanol–water partition coefficient (Wildman–Crippen LogP) is 3.80. The molecule has 1 aromatic carbocycles. The van der Waals surface area contributed by atoms with E-state index in [0.29, 0.717) is 6.54 Å². The lowest BCUT2D eigenvalue weighted by Crippen LogP contribution is -2.36. The number of nitrogens with zero attached hydrogens (tertiary/aromatic N) is 2. The van der Waals surface area contributed by atoms with Gasteiger partial charge in [0.25, 0.3) is 0 Å². The van der Waals surface area contributed by atoms with Gasteiger partial charge in [0.05, 0.1) is 6.54 Å². The van der Waals surface area contributed by atoms with Gasteiger partial charge < -0.3 is 14.0 Å². The molecule has 0 radical (unpaired) electrons. The standard InChI is InChI=1S/C22H28N2O3/c1-15-6-8-23(9-7-15)13-20(25)19-10-16(2)24(17(19)3)12-18-4-5-21-22(11-18)27-14-26-21/h4-5,10-11,15H,6-9,12-14H2,1-3H3. The average molecular weight is 368 g/mol. The van der Waals surface area contributed by atoms with Crippen LogP contribution in [-0.2, 0) is 6.54 Å². The molecule has 0 bridgehead atoms. The first kappa shape index (κ1) is 18.1. The van der Waals surface area contributed by atoms with E-state index in [2.05, 4.69) is 29.4 Å². The number of Topliss-reactive ketones (excluding diaryl/α,β-unsaturated/α-hetero) is 1. The van der Waals surface area contributed by atoms with Crippen LogP contribution in [0.1, 0.15) is 47.1 Å². The summed E-state index contributed by atoms with van der Waals surface area (Å²) in [5.74, 6) is 2.61. The number of aromatic nitrogens is 1. The molecule has 144 valence electrons. The van der Waals surface area contributed by atoms with E-state index in [1.54, 1.807) is 0 Å². The Morgan fingerprint density at radius 2 is 1.85 bits per heavy atom. The SMILES string of the molecule is Cc1cc(C(=O)CN2CCC(C)CC2)c(C)n1Cc1ccc2c(c1)OCO2. The number of fused-ring (bicyclic) bond motifs is 1. The fourth-order valence-electron chi connectivity index (χ4n) is 4.06. The van der Waals surface area contributed by atoms with Crippen molar-refractivity contribution in [2.75, 3.05) is 26.4 Å². The van der Waals surface area contributed by atoms with Crippen molar-refractivity contribution in [3.8, 4) is 11.5 Å². The Bertz CT molecular complexity index is 847. The fourth-order valence-corrected chi connectivity index (χ4v) is 4.06. The van der Waals surface area contributed by atoms with Crippen LogP contribution in [0.5, 0.6) is 11.5 Å². The van der Waals surface area contributed by atoms with Crippen LogP contribution < -0.4 is 9.47 Å². The first-order chi connectivity index (χ1) is 13.0. The summed E-state index contributed by atoms with van der Waals surface area (Å²) in [4.78, 5) is 15.2. The predicted molar refractivity (Wildman–Crippen MR) is 105 cm³/mol. The average Bonchev–Trinajstić information content (AvgIpc) is 3.23. The molecule has 5 heteroatoms. The third-order valence-corrected chi connectivity index (χ3v) is 5.90. The van der Waals surface area contributed by atoms with E-state index in [9.17, 15) is 4.79 Å². The third-order valence-electron chi connectivity index (χ3n) is 5.90. The lowest BCUT2D eigenvalue weighted by Gasteiger charge is -2.29. The molecule has 2 aliphatic rings. The van der Waals surface area contributed by atoms with Gasteiger partial charge in [-0.3, -0.25) is 9.69 Å². The Balaban J connectivity index is 1.49. The number of aryl methyl sites for hydroxylation is 1. The van der Waals surface area contributed by atoms with Gasteiger partial charge in [-0.05, 0) is 69.5 Å². The van der Waals surface area contributed by atoms with Crippen LogP contribution in [0.15, 0.2) is 24.3 Å². The molecule has 0 atom stereocenters. The van der Waals surface area contributed by atoms with Crippen molar-refractivity contribution in [2.45, 2.75) is 40.2 Å². The van der Waals surface area contributed by atoms with E-state index >= 15 is 0 Å². The summed E-state index contributed by atoms with van der Waals surface area (Å²) >= 11 is 0. The highest BCUT2D eigenvalue weighted by Crippen LogP contribution is 2.33. The summed E-state index contributed by atoms with van der Waals surface area (Å²) in [5, 5.41) is 0.